The zero-order chi connectivity index (χ0) is 19.7. The van der Waals surface area contributed by atoms with Crippen LogP contribution >= 0.6 is 0 Å². The van der Waals surface area contributed by atoms with Crippen molar-refractivity contribution in [3.05, 3.63) is 35.6 Å². The SMILES string of the molecule is CCC1(c2ccc(F)cc2)NC(=O)N(CC(=O)NC2(C#N)CCCC2)C1=O. The maximum absolute atomic E-state index is 13.2. The van der Waals surface area contributed by atoms with Crippen LogP contribution in [0.15, 0.2) is 24.3 Å². The van der Waals surface area contributed by atoms with Gasteiger partial charge in [0.15, 0.2) is 0 Å². The Bertz CT molecular complexity index is 811. The topological polar surface area (TPSA) is 102 Å². The molecule has 1 saturated heterocycles. The largest absolute Gasteiger partial charge is 0.336 e. The number of amides is 4. The molecule has 142 valence electrons. The van der Waals surface area contributed by atoms with Gasteiger partial charge >= 0.3 is 6.03 Å². The molecule has 1 unspecified atom stereocenters. The van der Waals surface area contributed by atoms with E-state index in [-0.39, 0.29) is 6.42 Å². The monoisotopic (exact) mass is 372 g/mol. The molecule has 2 N–H and O–H groups in total. The molecule has 0 radical (unpaired) electrons. The Labute approximate surface area is 156 Å². The number of nitriles is 1. The zero-order valence-electron chi connectivity index (χ0n) is 15.0. The lowest BCUT2D eigenvalue weighted by Crippen LogP contribution is -2.50. The average molecular weight is 372 g/mol. The second-order valence-corrected chi connectivity index (χ2v) is 7.04. The first-order valence-corrected chi connectivity index (χ1v) is 8.98. The van der Waals surface area contributed by atoms with Crippen molar-refractivity contribution in [1.29, 1.82) is 5.26 Å². The summed E-state index contributed by atoms with van der Waals surface area (Å²) in [6.07, 6.45) is 3.07. The van der Waals surface area contributed by atoms with E-state index in [0.29, 0.717) is 18.4 Å². The smallest absolute Gasteiger partial charge is 0.325 e. The van der Waals surface area contributed by atoms with Crippen molar-refractivity contribution in [3.8, 4) is 6.07 Å². The Kier molecular flexibility index (Phi) is 4.87. The first kappa shape index (κ1) is 18.8. The maximum atomic E-state index is 13.2. The molecule has 0 bridgehead atoms. The molecule has 1 atom stereocenters. The third-order valence-corrected chi connectivity index (χ3v) is 5.39. The lowest BCUT2D eigenvalue weighted by atomic mass is 9.87. The predicted molar refractivity (Wildman–Crippen MR) is 93.6 cm³/mol. The summed E-state index contributed by atoms with van der Waals surface area (Å²) in [7, 11) is 0. The summed E-state index contributed by atoms with van der Waals surface area (Å²) in [5.74, 6) is -1.56. The minimum atomic E-state index is -1.33. The van der Waals surface area contributed by atoms with Crippen molar-refractivity contribution in [2.24, 2.45) is 0 Å². The Morgan fingerprint density at radius 3 is 2.48 bits per heavy atom. The van der Waals surface area contributed by atoms with E-state index < -0.39 is 41.3 Å². The third kappa shape index (κ3) is 3.25. The molecule has 2 fully saturated rings. The van der Waals surface area contributed by atoms with Crippen molar-refractivity contribution in [3.63, 3.8) is 0 Å². The normalized spacial score (nSPS) is 23.8. The van der Waals surface area contributed by atoms with Gasteiger partial charge < -0.3 is 10.6 Å². The highest BCUT2D eigenvalue weighted by Gasteiger charge is 2.52. The van der Waals surface area contributed by atoms with Gasteiger partial charge in [0.25, 0.3) is 5.91 Å². The van der Waals surface area contributed by atoms with Crippen LogP contribution in [0, 0.1) is 17.1 Å². The number of nitrogens with one attached hydrogen (secondary N) is 2. The predicted octanol–water partition coefficient (Wildman–Crippen LogP) is 1.94. The maximum Gasteiger partial charge on any atom is 0.325 e. The van der Waals surface area contributed by atoms with Gasteiger partial charge in [-0.25, -0.2) is 9.18 Å². The fourth-order valence-electron chi connectivity index (χ4n) is 3.84. The number of nitrogens with zero attached hydrogens (tertiary/aromatic N) is 2. The fraction of sp³-hybridized carbons (Fsp3) is 0.474. The standard InChI is InChI=1S/C19H21FN4O3/c1-2-19(13-5-7-14(20)8-6-13)16(26)24(17(27)23-19)11-15(25)22-18(12-21)9-3-4-10-18/h5-8H,2-4,9-11H2,1H3,(H,22,25)(H,23,27). The highest BCUT2D eigenvalue weighted by molar-refractivity contribution is 6.09. The number of carbonyl (C=O) groups is 3. The quantitative estimate of drug-likeness (QED) is 0.771. The van der Waals surface area contributed by atoms with Crippen LogP contribution in [-0.2, 0) is 15.1 Å². The van der Waals surface area contributed by atoms with Gasteiger partial charge in [-0.1, -0.05) is 19.1 Å². The van der Waals surface area contributed by atoms with Crippen LogP contribution in [0.1, 0.15) is 44.6 Å². The van der Waals surface area contributed by atoms with Gasteiger partial charge in [0.1, 0.15) is 23.4 Å². The van der Waals surface area contributed by atoms with Crippen LogP contribution in [-0.4, -0.2) is 34.8 Å². The van der Waals surface area contributed by atoms with Crippen LogP contribution in [0.5, 0.6) is 0 Å². The number of carbonyl (C=O) groups excluding carboxylic acids is 3. The summed E-state index contributed by atoms with van der Waals surface area (Å²) in [6.45, 7) is 1.27. The van der Waals surface area contributed by atoms with Crippen LogP contribution in [0.25, 0.3) is 0 Å². The van der Waals surface area contributed by atoms with Gasteiger partial charge in [0, 0.05) is 0 Å². The fourth-order valence-corrected chi connectivity index (χ4v) is 3.84. The van der Waals surface area contributed by atoms with E-state index in [9.17, 15) is 24.0 Å². The molecule has 0 aromatic heterocycles. The van der Waals surface area contributed by atoms with E-state index in [1.807, 2.05) is 0 Å². The van der Waals surface area contributed by atoms with Gasteiger partial charge in [-0.05, 0) is 49.8 Å². The second-order valence-electron chi connectivity index (χ2n) is 7.04. The summed E-state index contributed by atoms with van der Waals surface area (Å²) >= 11 is 0. The van der Waals surface area contributed by atoms with E-state index in [1.165, 1.54) is 24.3 Å². The Balaban J connectivity index is 1.78. The van der Waals surface area contributed by atoms with Crippen LogP contribution < -0.4 is 10.6 Å². The van der Waals surface area contributed by atoms with E-state index in [2.05, 4.69) is 16.7 Å². The summed E-state index contributed by atoms with van der Waals surface area (Å²) < 4.78 is 13.2. The number of imide groups is 1. The molecular formula is C19H21FN4O3. The number of halogens is 1. The van der Waals surface area contributed by atoms with E-state index >= 15 is 0 Å². The molecule has 7 nitrogen and oxygen atoms in total. The van der Waals surface area contributed by atoms with Gasteiger partial charge in [-0.2, -0.15) is 5.26 Å². The summed E-state index contributed by atoms with van der Waals surface area (Å²) in [6, 6.07) is 6.80. The van der Waals surface area contributed by atoms with Crippen LogP contribution in [0.3, 0.4) is 0 Å². The van der Waals surface area contributed by atoms with Crippen molar-refractivity contribution >= 4 is 17.8 Å². The molecule has 1 heterocycles. The number of hydrogen-bond donors (Lipinski definition) is 2. The molecule has 1 aromatic carbocycles. The summed E-state index contributed by atoms with van der Waals surface area (Å²) in [5, 5.41) is 14.7. The Morgan fingerprint density at radius 1 is 1.30 bits per heavy atom. The molecule has 1 saturated carbocycles. The average Bonchev–Trinajstić information content (AvgIpc) is 3.21. The van der Waals surface area contributed by atoms with Gasteiger partial charge in [0.05, 0.1) is 6.07 Å². The number of hydrogen-bond acceptors (Lipinski definition) is 4. The van der Waals surface area contributed by atoms with E-state index in [1.54, 1.807) is 6.92 Å². The lowest BCUT2D eigenvalue weighted by Gasteiger charge is -2.26. The number of rotatable bonds is 5. The molecule has 3 rings (SSSR count). The van der Waals surface area contributed by atoms with E-state index in [4.69, 9.17) is 0 Å². The third-order valence-electron chi connectivity index (χ3n) is 5.39. The number of urea groups is 1. The summed E-state index contributed by atoms with van der Waals surface area (Å²) in [5.41, 5.74) is -1.79. The molecule has 8 heteroatoms. The molecule has 1 aliphatic heterocycles. The number of benzene rings is 1. The van der Waals surface area contributed by atoms with Crippen molar-refractivity contribution < 1.29 is 18.8 Å². The Hall–Kier alpha value is -2.95. The van der Waals surface area contributed by atoms with Crippen molar-refractivity contribution in [1.82, 2.24) is 15.5 Å². The van der Waals surface area contributed by atoms with Crippen molar-refractivity contribution in [2.75, 3.05) is 6.54 Å². The zero-order valence-corrected chi connectivity index (χ0v) is 15.0. The van der Waals surface area contributed by atoms with Gasteiger partial charge in [-0.3, -0.25) is 14.5 Å². The first-order valence-electron chi connectivity index (χ1n) is 8.98. The Morgan fingerprint density at radius 2 is 1.93 bits per heavy atom. The molecular weight excluding hydrogens is 351 g/mol. The molecule has 4 amide bonds. The van der Waals surface area contributed by atoms with Crippen LogP contribution in [0.2, 0.25) is 0 Å². The van der Waals surface area contributed by atoms with E-state index in [0.717, 1.165) is 17.7 Å². The van der Waals surface area contributed by atoms with Crippen LogP contribution in [0.4, 0.5) is 9.18 Å². The minimum absolute atomic E-state index is 0.253. The van der Waals surface area contributed by atoms with Crippen molar-refractivity contribution in [2.45, 2.75) is 50.1 Å². The molecule has 2 aliphatic rings. The molecule has 0 spiro atoms. The molecule has 1 aliphatic carbocycles. The second kappa shape index (κ2) is 6.99. The summed E-state index contributed by atoms with van der Waals surface area (Å²) in [4.78, 5) is 38.6. The first-order chi connectivity index (χ1) is 12.9. The molecule has 27 heavy (non-hydrogen) atoms. The highest BCUT2D eigenvalue weighted by Crippen LogP contribution is 2.33. The minimum Gasteiger partial charge on any atom is -0.336 e. The highest BCUT2D eigenvalue weighted by atomic mass is 19.1. The van der Waals surface area contributed by atoms with Gasteiger partial charge in [0.2, 0.25) is 5.91 Å². The molecule has 1 aromatic rings. The lowest BCUT2D eigenvalue weighted by molar-refractivity contribution is -0.135. The van der Waals surface area contributed by atoms with Gasteiger partial charge in [-0.15, -0.1) is 0 Å².